The van der Waals surface area contributed by atoms with Crippen LogP contribution in [0, 0.1) is 6.92 Å². The van der Waals surface area contributed by atoms with Crippen molar-refractivity contribution >= 4 is 23.2 Å². The van der Waals surface area contributed by atoms with E-state index in [0.29, 0.717) is 41.0 Å². The first-order chi connectivity index (χ1) is 15.0. The molecule has 2 aromatic heterocycles. The summed E-state index contributed by atoms with van der Waals surface area (Å²) in [4.78, 5) is 21.0. The summed E-state index contributed by atoms with van der Waals surface area (Å²) in [6.45, 7) is 1.82. The molecule has 0 spiro atoms. The molecule has 6 nitrogen and oxygen atoms in total. The van der Waals surface area contributed by atoms with Crippen LogP contribution in [0.5, 0.6) is 11.6 Å². The molecule has 7 heteroatoms. The van der Waals surface area contributed by atoms with Crippen LogP contribution in [0.25, 0.3) is 5.82 Å². The molecule has 2 aromatic carbocycles. The first-order valence-corrected chi connectivity index (χ1v) is 10.2. The van der Waals surface area contributed by atoms with E-state index in [1.165, 1.54) is 0 Å². The van der Waals surface area contributed by atoms with Gasteiger partial charge in [-0.1, -0.05) is 23.7 Å². The van der Waals surface area contributed by atoms with E-state index in [1.807, 2.05) is 60.3 Å². The topological polar surface area (TPSA) is 69.0 Å². The summed E-state index contributed by atoms with van der Waals surface area (Å²) in [7, 11) is 0. The van der Waals surface area contributed by atoms with Crippen LogP contribution in [-0.4, -0.2) is 20.4 Å². The fraction of sp³-hybridized carbons (Fsp3) is 0.125. The Kier molecular flexibility index (Phi) is 6.29. The number of hydrogen-bond donors (Lipinski definition) is 1. The number of aromatic nitrogens is 3. The van der Waals surface area contributed by atoms with E-state index >= 15 is 0 Å². The van der Waals surface area contributed by atoms with Gasteiger partial charge < -0.3 is 14.6 Å². The second kappa shape index (κ2) is 9.45. The minimum atomic E-state index is -0.0589. The minimum Gasteiger partial charge on any atom is -0.439 e. The average molecular weight is 433 g/mol. The Hall–Kier alpha value is -3.64. The van der Waals surface area contributed by atoms with Gasteiger partial charge in [0.05, 0.1) is 0 Å². The smallest absolute Gasteiger partial charge is 0.224 e. The Morgan fingerprint density at radius 2 is 1.81 bits per heavy atom. The number of nitrogens with one attached hydrogen (secondary N) is 1. The molecule has 0 aliphatic carbocycles. The molecule has 1 amide bonds. The lowest BCUT2D eigenvalue weighted by atomic mass is 10.1. The lowest BCUT2D eigenvalue weighted by Gasteiger charge is -2.10. The van der Waals surface area contributed by atoms with Gasteiger partial charge in [0.2, 0.25) is 11.8 Å². The van der Waals surface area contributed by atoms with Crippen molar-refractivity contribution < 1.29 is 9.53 Å². The van der Waals surface area contributed by atoms with Crippen molar-refractivity contribution in [1.29, 1.82) is 0 Å². The maximum atomic E-state index is 12.2. The predicted octanol–water partition coefficient (Wildman–Crippen LogP) is 5.59. The summed E-state index contributed by atoms with van der Waals surface area (Å²) in [6.07, 6.45) is 4.83. The van der Waals surface area contributed by atoms with E-state index < -0.39 is 0 Å². The van der Waals surface area contributed by atoms with Crippen LogP contribution in [0.15, 0.2) is 79.1 Å². The normalized spacial score (nSPS) is 10.6. The molecule has 4 aromatic rings. The van der Waals surface area contributed by atoms with Crippen LogP contribution in [0.2, 0.25) is 5.02 Å². The molecule has 0 aliphatic rings. The van der Waals surface area contributed by atoms with Crippen LogP contribution >= 0.6 is 11.6 Å². The van der Waals surface area contributed by atoms with Gasteiger partial charge in [-0.15, -0.1) is 0 Å². The first-order valence-electron chi connectivity index (χ1n) is 9.86. The van der Waals surface area contributed by atoms with Crippen LogP contribution < -0.4 is 10.1 Å². The standard InChI is InChI=1S/C24H21ClN4O2/c1-17-26-22(29-13-2-3-14-29)16-24(27-17)31-21-10-8-20(9-11-21)28-23(30)12-7-18-5-4-6-19(25)15-18/h2-6,8-11,13-16H,7,12H2,1H3,(H,28,30). The highest BCUT2D eigenvalue weighted by Crippen LogP contribution is 2.23. The molecule has 0 unspecified atom stereocenters. The summed E-state index contributed by atoms with van der Waals surface area (Å²) >= 11 is 5.98. The maximum absolute atomic E-state index is 12.2. The number of rotatable bonds is 7. The van der Waals surface area contributed by atoms with Crippen LogP contribution in [-0.2, 0) is 11.2 Å². The van der Waals surface area contributed by atoms with Gasteiger partial charge in [-0.25, -0.2) is 4.98 Å². The highest BCUT2D eigenvalue weighted by molar-refractivity contribution is 6.30. The van der Waals surface area contributed by atoms with E-state index in [9.17, 15) is 4.79 Å². The van der Waals surface area contributed by atoms with Crippen LogP contribution in [0.4, 0.5) is 5.69 Å². The number of aryl methyl sites for hydroxylation is 2. The number of anilines is 1. The zero-order chi connectivity index (χ0) is 21.6. The Morgan fingerprint density at radius 1 is 1.03 bits per heavy atom. The van der Waals surface area contributed by atoms with Crippen molar-refractivity contribution in [2.75, 3.05) is 5.32 Å². The first kappa shape index (κ1) is 20.6. The van der Waals surface area contributed by atoms with E-state index in [-0.39, 0.29) is 5.91 Å². The van der Waals surface area contributed by atoms with Crippen LogP contribution in [0.3, 0.4) is 0 Å². The second-order valence-corrected chi connectivity index (χ2v) is 7.44. The van der Waals surface area contributed by atoms with Crippen molar-refractivity contribution in [3.8, 4) is 17.4 Å². The van der Waals surface area contributed by atoms with Gasteiger partial charge >= 0.3 is 0 Å². The fourth-order valence-electron chi connectivity index (χ4n) is 3.10. The Morgan fingerprint density at radius 3 is 2.55 bits per heavy atom. The Bertz CT molecular complexity index is 1170. The number of benzene rings is 2. The van der Waals surface area contributed by atoms with Crippen molar-refractivity contribution in [2.45, 2.75) is 19.8 Å². The number of nitrogens with zero attached hydrogens (tertiary/aromatic N) is 3. The van der Waals surface area contributed by atoms with Crippen LogP contribution in [0.1, 0.15) is 17.8 Å². The highest BCUT2D eigenvalue weighted by atomic mass is 35.5. The molecule has 31 heavy (non-hydrogen) atoms. The molecular weight excluding hydrogens is 412 g/mol. The van der Waals surface area contributed by atoms with Gasteiger partial charge in [-0.3, -0.25) is 4.79 Å². The summed E-state index contributed by atoms with van der Waals surface area (Å²) in [5.74, 6) is 2.36. The third-order valence-electron chi connectivity index (χ3n) is 4.56. The average Bonchev–Trinajstić information content (AvgIpc) is 3.28. The van der Waals surface area contributed by atoms with E-state index in [4.69, 9.17) is 16.3 Å². The molecule has 4 rings (SSSR count). The number of hydrogen-bond acceptors (Lipinski definition) is 4. The molecule has 156 valence electrons. The second-order valence-electron chi connectivity index (χ2n) is 7.01. The molecule has 0 radical (unpaired) electrons. The number of amides is 1. The number of ether oxygens (including phenoxy) is 1. The molecular formula is C24H21ClN4O2. The zero-order valence-electron chi connectivity index (χ0n) is 17.0. The molecule has 1 N–H and O–H groups in total. The van der Waals surface area contributed by atoms with Gasteiger partial charge in [0.25, 0.3) is 0 Å². The van der Waals surface area contributed by atoms with Crippen molar-refractivity contribution in [3.63, 3.8) is 0 Å². The molecule has 0 aliphatic heterocycles. The number of halogens is 1. The van der Waals surface area contributed by atoms with Crippen molar-refractivity contribution in [2.24, 2.45) is 0 Å². The monoisotopic (exact) mass is 432 g/mol. The third-order valence-corrected chi connectivity index (χ3v) is 4.80. The van der Waals surface area contributed by atoms with E-state index in [1.54, 1.807) is 30.3 Å². The van der Waals surface area contributed by atoms with Gasteiger partial charge in [0.1, 0.15) is 17.4 Å². The fourth-order valence-corrected chi connectivity index (χ4v) is 3.31. The molecule has 2 heterocycles. The van der Waals surface area contributed by atoms with Gasteiger partial charge in [-0.2, -0.15) is 4.98 Å². The van der Waals surface area contributed by atoms with E-state index in [2.05, 4.69) is 15.3 Å². The molecule has 0 fully saturated rings. The lowest BCUT2D eigenvalue weighted by molar-refractivity contribution is -0.116. The SMILES string of the molecule is Cc1nc(Oc2ccc(NC(=O)CCc3cccc(Cl)c3)cc2)cc(-n2cccc2)n1. The largest absolute Gasteiger partial charge is 0.439 e. The zero-order valence-corrected chi connectivity index (χ0v) is 17.7. The highest BCUT2D eigenvalue weighted by Gasteiger charge is 2.07. The summed E-state index contributed by atoms with van der Waals surface area (Å²) in [6, 6.07) is 20.4. The van der Waals surface area contributed by atoms with Gasteiger partial charge in [-0.05, 0) is 67.4 Å². The third kappa shape index (κ3) is 5.71. The summed E-state index contributed by atoms with van der Waals surface area (Å²) < 4.78 is 7.78. The van der Waals surface area contributed by atoms with E-state index in [0.717, 1.165) is 11.4 Å². The van der Waals surface area contributed by atoms with Gasteiger partial charge in [0, 0.05) is 35.6 Å². The molecule has 0 atom stereocenters. The molecule has 0 bridgehead atoms. The van der Waals surface area contributed by atoms with Crippen molar-refractivity contribution in [3.05, 3.63) is 95.5 Å². The maximum Gasteiger partial charge on any atom is 0.224 e. The van der Waals surface area contributed by atoms with Crippen molar-refractivity contribution in [1.82, 2.24) is 14.5 Å². The predicted molar refractivity (Wildman–Crippen MR) is 121 cm³/mol. The van der Waals surface area contributed by atoms with Gasteiger partial charge in [0.15, 0.2) is 0 Å². The Balaban J connectivity index is 1.36. The number of carbonyl (C=O) groups excluding carboxylic acids is 1. The summed E-state index contributed by atoms with van der Waals surface area (Å²) in [5.41, 5.74) is 1.74. The number of carbonyl (C=O) groups is 1. The quantitative estimate of drug-likeness (QED) is 0.413. The minimum absolute atomic E-state index is 0.0589. The lowest BCUT2D eigenvalue weighted by Crippen LogP contribution is -2.12. The molecule has 0 saturated carbocycles. The molecule has 0 saturated heterocycles. The Labute approximate surface area is 185 Å². The summed E-state index contributed by atoms with van der Waals surface area (Å²) in [5, 5.41) is 3.57.